The summed E-state index contributed by atoms with van der Waals surface area (Å²) in [6, 6.07) is 3.24. The lowest BCUT2D eigenvalue weighted by Crippen LogP contribution is -2.37. The fourth-order valence-corrected chi connectivity index (χ4v) is 3.09. The van der Waals surface area contributed by atoms with Gasteiger partial charge in [0.2, 0.25) is 0 Å². The molecule has 1 aliphatic heterocycles. The number of anilines is 2. The zero-order valence-electron chi connectivity index (χ0n) is 10.6. The van der Waals surface area contributed by atoms with Crippen LogP contribution in [0.5, 0.6) is 0 Å². The molecular formula is C12H16IN3O3. The van der Waals surface area contributed by atoms with Crippen molar-refractivity contribution >= 4 is 39.7 Å². The number of nitrogens with zero attached hydrogens (tertiary/aromatic N) is 2. The number of halogens is 1. The van der Waals surface area contributed by atoms with E-state index in [1.165, 1.54) is 6.07 Å². The van der Waals surface area contributed by atoms with E-state index >= 15 is 0 Å². The van der Waals surface area contributed by atoms with Crippen molar-refractivity contribution in [1.82, 2.24) is 0 Å². The topological polar surface area (TPSA) is 81.6 Å². The number of nitrogens with two attached hydrogens (primary N) is 1. The van der Waals surface area contributed by atoms with Crippen LogP contribution in [0.2, 0.25) is 0 Å². The molecule has 2 N–H and O–H groups in total. The Morgan fingerprint density at radius 1 is 1.47 bits per heavy atom. The number of methoxy groups -OCH3 is 1. The van der Waals surface area contributed by atoms with E-state index in [9.17, 15) is 10.1 Å². The van der Waals surface area contributed by atoms with Gasteiger partial charge in [-0.1, -0.05) is 0 Å². The maximum absolute atomic E-state index is 10.8. The largest absolute Gasteiger partial charge is 0.393 e. The number of rotatable bonds is 3. The molecule has 1 saturated heterocycles. The van der Waals surface area contributed by atoms with Gasteiger partial charge in [-0.05, 0) is 41.5 Å². The molecule has 2 rings (SSSR count). The Kier molecular flexibility index (Phi) is 4.46. The minimum atomic E-state index is -0.446. The monoisotopic (exact) mass is 377 g/mol. The second-order valence-electron chi connectivity index (χ2n) is 4.54. The Hall–Kier alpha value is -1.09. The molecule has 104 valence electrons. The number of hydrogen-bond donors (Lipinski definition) is 1. The number of nitro groups is 1. The molecule has 1 aromatic rings. The van der Waals surface area contributed by atoms with Crippen molar-refractivity contribution in [3.05, 3.63) is 25.8 Å². The van der Waals surface area contributed by atoms with Crippen molar-refractivity contribution in [2.45, 2.75) is 18.9 Å². The first kappa shape index (κ1) is 14.3. The van der Waals surface area contributed by atoms with E-state index in [1.807, 2.05) is 0 Å². The second-order valence-corrected chi connectivity index (χ2v) is 5.70. The molecule has 0 bridgehead atoms. The summed E-state index contributed by atoms with van der Waals surface area (Å²) >= 11 is 2.12. The van der Waals surface area contributed by atoms with Gasteiger partial charge < -0.3 is 15.4 Å². The van der Waals surface area contributed by atoms with Gasteiger partial charge in [0.1, 0.15) is 5.69 Å². The van der Waals surface area contributed by atoms with Gasteiger partial charge in [-0.15, -0.1) is 0 Å². The fourth-order valence-electron chi connectivity index (χ4n) is 2.30. The third-order valence-corrected chi connectivity index (χ3v) is 4.27. The highest BCUT2D eigenvalue weighted by molar-refractivity contribution is 14.1. The molecule has 7 heteroatoms. The van der Waals surface area contributed by atoms with Crippen LogP contribution < -0.4 is 10.6 Å². The Morgan fingerprint density at radius 2 is 2.11 bits per heavy atom. The molecule has 0 amide bonds. The maximum atomic E-state index is 10.8. The molecule has 1 heterocycles. The molecule has 6 nitrogen and oxygen atoms in total. The number of hydrogen-bond acceptors (Lipinski definition) is 5. The van der Waals surface area contributed by atoms with E-state index < -0.39 is 4.92 Å². The lowest BCUT2D eigenvalue weighted by atomic mass is 10.1. The van der Waals surface area contributed by atoms with Crippen LogP contribution in [0, 0.1) is 13.7 Å². The molecule has 1 aromatic carbocycles. The van der Waals surface area contributed by atoms with Crippen molar-refractivity contribution in [1.29, 1.82) is 0 Å². The predicted octanol–water partition coefficient (Wildman–Crippen LogP) is 2.40. The van der Waals surface area contributed by atoms with Gasteiger partial charge in [0.15, 0.2) is 0 Å². The normalized spacial score (nSPS) is 16.6. The third kappa shape index (κ3) is 3.08. The van der Waals surface area contributed by atoms with E-state index in [4.69, 9.17) is 10.5 Å². The van der Waals surface area contributed by atoms with Gasteiger partial charge >= 0.3 is 0 Å². The van der Waals surface area contributed by atoms with Crippen LogP contribution >= 0.6 is 22.6 Å². The molecular weight excluding hydrogens is 361 g/mol. The Bertz CT molecular complexity index is 487. The minimum Gasteiger partial charge on any atom is -0.393 e. The third-order valence-electron chi connectivity index (χ3n) is 3.41. The summed E-state index contributed by atoms with van der Waals surface area (Å²) in [6.07, 6.45) is 2.23. The molecule has 1 aliphatic rings. The molecule has 0 saturated carbocycles. The lowest BCUT2D eigenvalue weighted by molar-refractivity contribution is -0.384. The van der Waals surface area contributed by atoms with E-state index in [0.717, 1.165) is 35.2 Å². The molecule has 0 radical (unpaired) electrons. The van der Waals surface area contributed by atoms with Gasteiger partial charge in [-0.2, -0.15) is 0 Å². The molecule has 0 unspecified atom stereocenters. The first-order valence-electron chi connectivity index (χ1n) is 6.04. The minimum absolute atomic E-state index is 0.0278. The zero-order valence-corrected chi connectivity index (χ0v) is 12.8. The smallest absolute Gasteiger partial charge is 0.293 e. The van der Waals surface area contributed by atoms with Crippen LogP contribution in [0.3, 0.4) is 0 Å². The number of ether oxygens (including phenoxy) is 1. The summed E-state index contributed by atoms with van der Waals surface area (Å²) in [4.78, 5) is 12.6. The lowest BCUT2D eigenvalue weighted by Gasteiger charge is -2.33. The van der Waals surface area contributed by atoms with Crippen LogP contribution in [0.25, 0.3) is 0 Å². The van der Waals surface area contributed by atoms with Crippen LogP contribution in [0.15, 0.2) is 12.1 Å². The summed E-state index contributed by atoms with van der Waals surface area (Å²) in [6.45, 7) is 1.76. The summed E-state index contributed by atoms with van der Waals surface area (Å²) in [5, 5.41) is 10.8. The van der Waals surface area contributed by atoms with Crippen molar-refractivity contribution < 1.29 is 9.66 Å². The summed E-state index contributed by atoms with van der Waals surface area (Å²) < 4.78 is 6.19. The van der Waals surface area contributed by atoms with Crippen molar-refractivity contribution in [2.24, 2.45) is 0 Å². The van der Waals surface area contributed by atoms with E-state index in [-0.39, 0.29) is 11.4 Å². The summed E-state index contributed by atoms with van der Waals surface area (Å²) in [5.41, 5.74) is 6.91. The zero-order chi connectivity index (χ0) is 14.0. The molecule has 19 heavy (non-hydrogen) atoms. The van der Waals surface area contributed by atoms with Gasteiger partial charge in [0, 0.05) is 29.8 Å². The molecule has 0 atom stereocenters. The first-order valence-corrected chi connectivity index (χ1v) is 7.12. The van der Waals surface area contributed by atoms with Crippen molar-refractivity contribution in [3.63, 3.8) is 0 Å². The van der Waals surface area contributed by atoms with Gasteiger partial charge in [0.05, 0.1) is 16.7 Å². The van der Waals surface area contributed by atoms with Crippen LogP contribution in [-0.2, 0) is 4.74 Å². The maximum Gasteiger partial charge on any atom is 0.293 e. The van der Waals surface area contributed by atoms with E-state index in [0.29, 0.717) is 6.10 Å². The van der Waals surface area contributed by atoms with Crippen LogP contribution in [0.4, 0.5) is 17.1 Å². The SMILES string of the molecule is COC1CCN(c2cc(N)c([N+](=O)[O-])cc2I)CC1. The second kappa shape index (κ2) is 5.91. The summed E-state index contributed by atoms with van der Waals surface area (Å²) in [5.74, 6) is 0. The number of piperidine rings is 1. The van der Waals surface area contributed by atoms with E-state index in [1.54, 1.807) is 13.2 Å². The van der Waals surface area contributed by atoms with Crippen molar-refractivity contribution in [3.8, 4) is 0 Å². The molecule has 1 fully saturated rings. The number of benzene rings is 1. The van der Waals surface area contributed by atoms with Gasteiger partial charge in [-0.25, -0.2) is 0 Å². The van der Waals surface area contributed by atoms with Crippen LogP contribution in [0.1, 0.15) is 12.8 Å². The fraction of sp³-hybridized carbons (Fsp3) is 0.500. The Labute approximate surface area is 125 Å². The Balaban J connectivity index is 2.22. The number of nitrogen functional groups attached to an aromatic ring is 1. The average Bonchev–Trinajstić information content (AvgIpc) is 2.41. The highest BCUT2D eigenvalue weighted by Gasteiger charge is 2.23. The predicted molar refractivity (Wildman–Crippen MR) is 82.5 cm³/mol. The average molecular weight is 377 g/mol. The summed E-state index contributed by atoms with van der Waals surface area (Å²) in [7, 11) is 1.73. The molecule has 0 aromatic heterocycles. The molecule has 0 aliphatic carbocycles. The quantitative estimate of drug-likeness (QED) is 0.379. The highest BCUT2D eigenvalue weighted by Crippen LogP contribution is 2.33. The number of nitro benzene ring substituents is 1. The van der Waals surface area contributed by atoms with Gasteiger partial charge in [0.25, 0.3) is 5.69 Å². The Morgan fingerprint density at radius 3 is 2.63 bits per heavy atom. The molecule has 0 spiro atoms. The highest BCUT2D eigenvalue weighted by atomic mass is 127. The van der Waals surface area contributed by atoms with Crippen LogP contribution in [-0.4, -0.2) is 31.2 Å². The van der Waals surface area contributed by atoms with E-state index in [2.05, 4.69) is 27.5 Å². The first-order chi connectivity index (χ1) is 9.02. The van der Waals surface area contributed by atoms with Crippen molar-refractivity contribution in [2.75, 3.05) is 30.8 Å². The standard InChI is InChI=1S/C12H16IN3O3/c1-19-8-2-4-15(5-3-8)11-7-10(14)12(16(17)18)6-9(11)13/h6-8H,2-5,14H2,1H3. The van der Waals surface area contributed by atoms with Gasteiger partial charge in [-0.3, -0.25) is 10.1 Å².